The molecule has 0 radical (unpaired) electrons. The Kier molecular flexibility index (Phi) is 31.7. The molecule has 2 aromatic carbocycles. The molecule has 76 heavy (non-hydrogen) atoms. The summed E-state index contributed by atoms with van der Waals surface area (Å²) in [6, 6.07) is 17.7. The summed E-state index contributed by atoms with van der Waals surface area (Å²) in [7, 11) is 0. The number of rotatable bonds is 44. The summed E-state index contributed by atoms with van der Waals surface area (Å²) in [5.41, 5.74) is 7.69. The van der Waals surface area contributed by atoms with E-state index in [1.54, 1.807) is 0 Å². The molecule has 2 aromatic rings. The van der Waals surface area contributed by atoms with Gasteiger partial charge in [-0.3, -0.25) is 9.59 Å². The molecular weight excluding hydrogens is 935 g/mol. The number of carboxylic acids is 1. The Morgan fingerprint density at radius 3 is 1.72 bits per heavy atom. The third kappa shape index (κ3) is 21.2. The van der Waals surface area contributed by atoms with E-state index in [1.807, 2.05) is 19.1 Å². The van der Waals surface area contributed by atoms with Crippen LogP contribution in [0.25, 0.3) is 0 Å². The van der Waals surface area contributed by atoms with Crippen LogP contribution in [-0.2, 0) is 25.2 Å². The number of carbonyl (C=O) groups excluding carboxylic acids is 1. The fraction of sp³-hybridized carbons (Fsp3) is 0.652. The molecule has 7 heteroatoms. The Morgan fingerprint density at radius 2 is 1.22 bits per heavy atom. The molecule has 0 aliphatic carbocycles. The van der Waals surface area contributed by atoms with Gasteiger partial charge in [-0.1, -0.05) is 243 Å². The molecule has 2 atom stereocenters. The standard InChI is InChI=1S/C69H103N3O4/c1-6-9-12-14-16-18-20-22-24-26-27-29-31-33-35-39-50-68(5)62-56-59(4)43-46-64(62)71(53-49-67(74)75)65(68)47-44-60(57-70)45-48-66-69(51-11-8-3,61-41-37-38-42-63(61)72(66)54-55-76-58-73)52-40-36-34-32-30-28-25-23-21-19-17-15-13-10-7-2/h37-38,41-48,56,58H,6-7,9-10,12-36,39-40,49-55H2,1-5H3/p+1. The second-order valence-corrected chi connectivity index (χ2v) is 22.7. The summed E-state index contributed by atoms with van der Waals surface area (Å²) < 4.78 is 7.53. The Labute approximate surface area is 464 Å². The maximum Gasteiger partial charge on any atom is 0.309 e. The van der Waals surface area contributed by atoms with Gasteiger partial charge in [0.1, 0.15) is 13.0 Å². The molecule has 2 aliphatic heterocycles. The first-order valence-corrected chi connectivity index (χ1v) is 31.0. The molecule has 2 heterocycles. The predicted octanol–water partition coefficient (Wildman–Crippen LogP) is 19.0. The minimum Gasteiger partial charge on any atom is -0.481 e. The van der Waals surface area contributed by atoms with Gasteiger partial charge in [0.15, 0.2) is 12.3 Å². The van der Waals surface area contributed by atoms with Gasteiger partial charge in [-0.05, 0) is 69.5 Å². The second kappa shape index (κ2) is 37.8. The number of hydrogen-bond acceptors (Lipinski definition) is 5. The van der Waals surface area contributed by atoms with Crippen LogP contribution in [0.2, 0.25) is 0 Å². The number of ether oxygens (including phenoxy) is 1. The maximum absolute atomic E-state index is 12.1. The lowest BCUT2D eigenvalue weighted by Gasteiger charge is -2.32. The highest BCUT2D eigenvalue weighted by Crippen LogP contribution is 2.53. The van der Waals surface area contributed by atoms with Gasteiger partial charge in [0.2, 0.25) is 5.69 Å². The molecule has 1 N–H and O–H groups in total. The van der Waals surface area contributed by atoms with Gasteiger partial charge < -0.3 is 14.7 Å². The first-order valence-electron chi connectivity index (χ1n) is 31.0. The maximum atomic E-state index is 12.1. The Hall–Kier alpha value is -4.88. The number of unbranched alkanes of at least 4 members (excludes halogenated alkanes) is 29. The lowest BCUT2D eigenvalue weighted by molar-refractivity contribution is -0.436. The van der Waals surface area contributed by atoms with E-state index in [4.69, 9.17) is 4.74 Å². The van der Waals surface area contributed by atoms with Crippen molar-refractivity contribution in [2.75, 3.05) is 24.6 Å². The molecule has 0 bridgehead atoms. The van der Waals surface area contributed by atoms with Crippen LogP contribution in [0.3, 0.4) is 0 Å². The van der Waals surface area contributed by atoms with Crippen molar-refractivity contribution < 1.29 is 24.0 Å². The molecule has 7 nitrogen and oxygen atoms in total. The fourth-order valence-electron chi connectivity index (χ4n) is 12.3. The molecule has 2 unspecified atom stereocenters. The Bertz CT molecular complexity index is 2230. The number of allylic oxidation sites excluding steroid dienone is 6. The minimum absolute atomic E-state index is 0.0130. The van der Waals surface area contributed by atoms with Gasteiger partial charge >= 0.3 is 5.97 Å². The van der Waals surface area contributed by atoms with E-state index in [1.165, 1.54) is 190 Å². The summed E-state index contributed by atoms with van der Waals surface area (Å²) in [6.45, 7) is 12.5. The number of fused-ring (bicyclic) bond motifs is 2. The number of para-hydroxylation sites is 1. The highest BCUT2D eigenvalue weighted by Gasteiger charge is 2.48. The Balaban J connectivity index is 1.51. The van der Waals surface area contributed by atoms with E-state index in [9.17, 15) is 20.0 Å². The van der Waals surface area contributed by atoms with E-state index in [2.05, 4.69) is 110 Å². The van der Waals surface area contributed by atoms with Crippen LogP contribution in [0.4, 0.5) is 11.4 Å². The fourth-order valence-corrected chi connectivity index (χ4v) is 12.3. The van der Waals surface area contributed by atoms with Crippen molar-refractivity contribution in [3.63, 3.8) is 0 Å². The van der Waals surface area contributed by atoms with Crippen LogP contribution in [0.5, 0.6) is 0 Å². The second-order valence-electron chi connectivity index (χ2n) is 22.7. The molecule has 0 amide bonds. The molecule has 0 aromatic heterocycles. The van der Waals surface area contributed by atoms with Gasteiger partial charge in [0.25, 0.3) is 6.47 Å². The first kappa shape index (κ1) is 63.7. The number of aliphatic carboxylic acids is 1. The van der Waals surface area contributed by atoms with Crippen molar-refractivity contribution in [1.82, 2.24) is 0 Å². The predicted molar refractivity (Wildman–Crippen MR) is 321 cm³/mol. The van der Waals surface area contributed by atoms with Crippen LogP contribution in [0.1, 0.15) is 269 Å². The normalized spacial score (nSPS) is 17.6. The molecule has 4 rings (SSSR count). The number of nitriles is 1. The zero-order valence-electron chi connectivity index (χ0n) is 48.8. The number of aryl methyl sites for hydroxylation is 1. The van der Waals surface area contributed by atoms with Crippen molar-refractivity contribution >= 4 is 29.5 Å². The van der Waals surface area contributed by atoms with E-state index >= 15 is 0 Å². The van der Waals surface area contributed by atoms with Crippen molar-refractivity contribution in [3.05, 3.63) is 94.7 Å². The number of carbonyl (C=O) groups is 2. The summed E-state index contributed by atoms with van der Waals surface area (Å²) >= 11 is 0. The smallest absolute Gasteiger partial charge is 0.309 e. The molecule has 0 saturated carbocycles. The summed E-state index contributed by atoms with van der Waals surface area (Å²) in [5, 5.41) is 20.8. The average Bonchev–Trinajstić information content (AvgIpc) is 3.87. The summed E-state index contributed by atoms with van der Waals surface area (Å²) in [6.07, 6.45) is 51.6. The summed E-state index contributed by atoms with van der Waals surface area (Å²) in [4.78, 5) is 25.8. The van der Waals surface area contributed by atoms with Crippen molar-refractivity contribution in [3.8, 4) is 17.9 Å². The van der Waals surface area contributed by atoms with Crippen LogP contribution in [0, 0.1) is 30.1 Å². The number of carboxylic acid groups (broad SMARTS) is 1. The number of anilines is 1. The van der Waals surface area contributed by atoms with Gasteiger partial charge in [-0.2, -0.15) is 9.84 Å². The van der Waals surface area contributed by atoms with Crippen molar-refractivity contribution in [2.45, 2.75) is 270 Å². The largest absolute Gasteiger partial charge is 0.481 e. The SMILES string of the molecule is CC#CCC1(CCCCCCCCCCCCCCCCC)\C(=C/C=C(C#N)/C=C/C2=[N+](CCC(=O)O)c3ccc(C)cc3C2(C)CCCCCCCCCCCCCCCCCC)N(CCOC=O)c2ccccc21. The lowest BCUT2D eigenvalue weighted by atomic mass is 9.72. The topological polar surface area (TPSA) is 93.6 Å². The van der Waals surface area contributed by atoms with Crippen molar-refractivity contribution in [2.24, 2.45) is 0 Å². The van der Waals surface area contributed by atoms with Crippen LogP contribution in [-0.4, -0.2) is 47.5 Å². The van der Waals surface area contributed by atoms with Crippen LogP contribution in [0.15, 0.2) is 78.0 Å². The third-order valence-corrected chi connectivity index (χ3v) is 16.7. The molecule has 0 spiro atoms. The molecule has 418 valence electrons. The van der Waals surface area contributed by atoms with Gasteiger partial charge in [0.05, 0.1) is 23.6 Å². The van der Waals surface area contributed by atoms with E-state index in [0.717, 1.165) is 61.3 Å². The number of nitrogens with zero attached hydrogens (tertiary/aromatic N) is 3. The average molecular weight is 1040 g/mol. The lowest BCUT2D eigenvalue weighted by Crippen LogP contribution is -2.33. The quantitative estimate of drug-likeness (QED) is 0.0177. The monoisotopic (exact) mass is 1040 g/mol. The van der Waals surface area contributed by atoms with E-state index < -0.39 is 11.4 Å². The van der Waals surface area contributed by atoms with Crippen LogP contribution >= 0.6 is 0 Å². The van der Waals surface area contributed by atoms with E-state index in [0.29, 0.717) is 31.6 Å². The van der Waals surface area contributed by atoms with Gasteiger partial charge in [-0.25, -0.2) is 0 Å². The van der Waals surface area contributed by atoms with Gasteiger partial charge in [-0.15, -0.1) is 11.8 Å². The van der Waals surface area contributed by atoms with Crippen LogP contribution < -0.4 is 4.90 Å². The third-order valence-electron chi connectivity index (χ3n) is 16.7. The Morgan fingerprint density at radius 1 is 0.711 bits per heavy atom. The highest BCUT2D eigenvalue weighted by atomic mass is 16.5. The zero-order valence-corrected chi connectivity index (χ0v) is 48.8. The number of hydrogen-bond donors (Lipinski definition) is 1. The molecular formula is C69H104N3O4+. The summed E-state index contributed by atoms with van der Waals surface area (Å²) in [5.74, 6) is 5.88. The van der Waals surface area contributed by atoms with Gasteiger partial charge in [0, 0.05) is 40.9 Å². The van der Waals surface area contributed by atoms with Crippen molar-refractivity contribution in [1.29, 1.82) is 5.26 Å². The molecule has 2 aliphatic rings. The zero-order chi connectivity index (χ0) is 54.5. The first-order chi connectivity index (χ1) is 37.2. The molecule has 0 saturated heterocycles. The highest BCUT2D eigenvalue weighted by molar-refractivity contribution is 6.03. The van der Waals surface area contributed by atoms with E-state index in [-0.39, 0.29) is 18.4 Å². The minimum atomic E-state index is -0.825. The number of benzene rings is 2. The molecule has 0 fully saturated rings.